The largest absolute Gasteiger partial charge is 0.462 e. The minimum Gasteiger partial charge on any atom is -0.462 e. The molecular formula is C72H110O6. The molecule has 434 valence electrons. The van der Waals surface area contributed by atoms with Crippen LogP contribution in [-0.4, -0.2) is 37.2 Å². The zero-order valence-electron chi connectivity index (χ0n) is 49.6. The van der Waals surface area contributed by atoms with Gasteiger partial charge in [0.15, 0.2) is 6.10 Å². The lowest BCUT2D eigenvalue weighted by Crippen LogP contribution is -2.30. The Kier molecular flexibility index (Phi) is 59.5. The number of ether oxygens (including phenoxy) is 3. The van der Waals surface area contributed by atoms with Gasteiger partial charge < -0.3 is 14.2 Å². The zero-order valence-corrected chi connectivity index (χ0v) is 49.6. The predicted molar refractivity (Wildman–Crippen MR) is 338 cm³/mol. The molecule has 0 aliphatic rings. The van der Waals surface area contributed by atoms with Crippen LogP contribution in [0.3, 0.4) is 0 Å². The first-order valence-electron chi connectivity index (χ1n) is 30.8. The monoisotopic (exact) mass is 1070 g/mol. The summed E-state index contributed by atoms with van der Waals surface area (Å²) in [6.07, 6.45) is 96.0. The summed E-state index contributed by atoms with van der Waals surface area (Å²) in [5, 5.41) is 0. The standard InChI is InChI=1S/C72H110O6/c1-4-7-10-13-16-19-22-25-28-30-32-34-36-38-40-42-44-47-50-53-56-59-62-65-71(74)77-68-69(67-76-70(73)64-61-58-55-52-49-46-27-24-21-18-15-12-9-6-3)78-72(75)66-63-60-57-54-51-48-45-43-41-39-37-35-33-31-29-26-23-20-17-14-11-8-5-2/h7-8,10-11,15-20,24-29,32-35,38-41,44-45,47-48,53,56,69H,4-6,9,12-14,21-23,30-31,36-37,42-43,46,49-52,54-55,57-68H2,1-3H3/b10-7-,11-8-,18-15-,19-16-,20-17-,27-24-,28-25-,29-26-,34-32-,35-33-,40-38-,41-39-,47-44-,48-45-,56-53-. The van der Waals surface area contributed by atoms with Gasteiger partial charge in [0, 0.05) is 19.3 Å². The molecule has 0 saturated heterocycles. The van der Waals surface area contributed by atoms with Gasteiger partial charge in [-0.15, -0.1) is 0 Å². The van der Waals surface area contributed by atoms with E-state index in [2.05, 4.69) is 203 Å². The van der Waals surface area contributed by atoms with E-state index in [4.69, 9.17) is 14.2 Å². The summed E-state index contributed by atoms with van der Waals surface area (Å²) in [6.45, 7) is 6.27. The molecule has 0 N–H and O–H groups in total. The molecular weight excluding hydrogens is 961 g/mol. The molecule has 0 aliphatic carbocycles. The maximum atomic E-state index is 12.9. The first-order valence-corrected chi connectivity index (χ1v) is 30.8. The number of hydrogen-bond donors (Lipinski definition) is 0. The molecule has 0 spiro atoms. The minimum atomic E-state index is -0.834. The second-order valence-electron chi connectivity index (χ2n) is 19.5. The van der Waals surface area contributed by atoms with Crippen molar-refractivity contribution in [3.63, 3.8) is 0 Å². The number of hydrogen-bond acceptors (Lipinski definition) is 6. The lowest BCUT2D eigenvalue weighted by atomic mass is 10.1. The second-order valence-corrected chi connectivity index (χ2v) is 19.5. The summed E-state index contributed by atoms with van der Waals surface area (Å²) < 4.78 is 16.8. The van der Waals surface area contributed by atoms with Crippen molar-refractivity contribution in [1.82, 2.24) is 0 Å². The van der Waals surface area contributed by atoms with Crippen LogP contribution in [0.4, 0.5) is 0 Å². The fourth-order valence-corrected chi connectivity index (χ4v) is 7.57. The molecule has 6 heteroatoms. The topological polar surface area (TPSA) is 78.9 Å². The van der Waals surface area contributed by atoms with E-state index in [-0.39, 0.29) is 44.0 Å². The van der Waals surface area contributed by atoms with Crippen molar-refractivity contribution in [1.29, 1.82) is 0 Å². The van der Waals surface area contributed by atoms with Crippen LogP contribution >= 0.6 is 0 Å². The quantitative estimate of drug-likeness (QED) is 0.0261. The number of carbonyl (C=O) groups excluding carboxylic acids is 3. The van der Waals surface area contributed by atoms with E-state index in [1.807, 2.05) is 0 Å². The predicted octanol–water partition coefficient (Wildman–Crippen LogP) is 21.3. The summed E-state index contributed by atoms with van der Waals surface area (Å²) in [5.74, 6) is -1.03. The highest BCUT2D eigenvalue weighted by atomic mass is 16.6. The van der Waals surface area contributed by atoms with Gasteiger partial charge in [0.25, 0.3) is 0 Å². The van der Waals surface area contributed by atoms with Crippen molar-refractivity contribution in [3.05, 3.63) is 182 Å². The number of allylic oxidation sites excluding steroid dienone is 30. The van der Waals surface area contributed by atoms with Crippen LogP contribution in [0, 0.1) is 0 Å². The molecule has 0 aliphatic heterocycles. The fourth-order valence-electron chi connectivity index (χ4n) is 7.57. The Balaban J connectivity index is 4.58. The second kappa shape index (κ2) is 64.0. The van der Waals surface area contributed by atoms with E-state index in [9.17, 15) is 14.4 Å². The molecule has 0 heterocycles. The van der Waals surface area contributed by atoms with Crippen LogP contribution < -0.4 is 0 Å². The van der Waals surface area contributed by atoms with Crippen molar-refractivity contribution < 1.29 is 28.6 Å². The Morgan fingerprint density at radius 1 is 0.269 bits per heavy atom. The molecule has 0 amide bonds. The van der Waals surface area contributed by atoms with Crippen LogP contribution in [-0.2, 0) is 28.6 Å². The van der Waals surface area contributed by atoms with E-state index in [1.165, 1.54) is 19.3 Å². The summed E-state index contributed by atoms with van der Waals surface area (Å²) in [4.78, 5) is 38.3. The smallest absolute Gasteiger partial charge is 0.306 e. The molecule has 1 atom stereocenters. The number of esters is 3. The molecule has 0 aromatic rings. The van der Waals surface area contributed by atoms with Crippen LogP contribution in [0.2, 0.25) is 0 Å². The summed E-state index contributed by atoms with van der Waals surface area (Å²) in [6, 6.07) is 0. The SMILES string of the molecule is CC/C=C\C/C=C\C/C=C\C/C=C\C/C=C\C/C=C\C/C=C\CCCC(=O)OCC(COC(=O)CCCCCCC/C=C\C/C=C\CCCC)OC(=O)CCCCCC/C=C\C/C=C\C/C=C\C/C=C\C/C=C\C/C=C\CC. The van der Waals surface area contributed by atoms with Crippen LogP contribution in [0.5, 0.6) is 0 Å². The van der Waals surface area contributed by atoms with Crippen molar-refractivity contribution in [2.75, 3.05) is 13.2 Å². The molecule has 0 rings (SSSR count). The van der Waals surface area contributed by atoms with Gasteiger partial charge in [-0.3, -0.25) is 14.4 Å². The normalized spacial score (nSPS) is 13.4. The molecule has 1 unspecified atom stereocenters. The molecule has 6 nitrogen and oxygen atoms in total. The van der Waals surface area contributed by atoms with Gasteiger partial charge in [0.1, 0.15) is 13.2 Å². The van der Waals surface area contributed by atoms with E-state index in [0.717, 1.165) is 167 Å². The van der Waals surface area contributed by atoms with Gasteiger partial charge in [-0.1, -0.05) is 248 Å². The average Bonchev–Trinajstić information content (AvgIpc) is 3.44. The van der Waals surface area contributed by atoms with Crippen molar-refractivity contribution >= 4 is 17.9 Å². The fraction of sp³-hybridized carbons (Fsp3) is 0.542. The zero-order chi connectivity index (χ0) is 56.4. The highest BCUT2D eigenvalue weighted by Gasteiger charge is 2.19. The molecule has 0 fully saturated rings. The lowest BCUT2D eigenvalue weighted by molar-refractivity contribution is -0.167. The van der Waals surface area contributed by atoms with Gasteiger partial charge in [-0.05, 0) is 148 Å². The van der Waals surface area contributed by atoms with Crippen LogP contribution in [0.25, 0.3) is 0 Å². The maximum absolute atomic E-state index is 12.9. The third-order valence-electron chi connectivity index (χ3n) is 12.1. The van der Waals surface area contributed by atoms with Gasteiger partial charge in [0.05, 0.1) is 0 Å². The summed E-state index contributed by atoms with van der Waals surface area (Å²) in [7, 11) is 0. The molecule has 0 aromatic heterocycles. The van der Waals surface area contributed by atoms with Crippen LogP contribution in [0.15, 0.2) is 182 Å². The highest BCUT2D eigenvalue weighted by Crippen LogP contribution is 2.12. The van der Waals surface area contributed by atoms with Crippen molar-refractivity contribution in [2.24, 2.45) is 0 Å². The Hall–Kier alpha value is -5.49. The van der Waals surface area contributed by atoms with Gasteiger partial charge in [-0.25, -0.2) is 0 Å². The molecule has 0 saturated carbocycles. The highest BCUT2D eigenvalue weighted by molar-refractivity contribution is 5.71. The Morgan fingerprint density at radius 2 is 0.513 bits per heavy atom. The Labute approximate surface area is 478 Å². The van der Waals surface area contributed by atoms with Crippen molar-refractivity contribution in [3.8, 4) is 0 Å². The first-order chi connectivity index (χ1) is 38.5. The lowest BCUT2D eigenvalue weighted by Gasteiger charge is -2.18. The van der Waals surface area contributed by atoms with Crippen LogP contribution in [0.1, 0.15) is 233 Å². The summed E-state index contributed by atoms with van der Waals surface area (Å²) >= 11 is 0. The Bertz CT molecular complexity index is 1850. The van der Waals surface area contributed by atoms with Crippen molar-refractivity contribution in [2.45, 2.75) is 239 Å². The average molecular weight is 1070 g/mol. The number of carbonyl (C=O) groups is 3. The number of rotatable bonds is 53. The summed E-state index contributed by atoms with van der Waals surface area (Å²) in [5.41, 5.74) is 0. The van der Waals surface area contributed by atoms with E-state index >= 15 is 0 Å². The molecule has 0 radical (unpaired) electrons. The number of unbranched alkanes of at least 4 members (excludes halogenated alkanes) is 12. The van der Waals surface area contributed by atoms with Gasteiger partial charge in [-0.2, -0.15) is 0 Å². The maximum Gasteiger partial charge on any atom is 0.306 e. The van der Waals surface area contributed by atoms with E-state index < -0.39 is 6.10 Å². The molecule has 0 aromatic carbocycles. The van der Waals surface area contributed by atoms with Gasteiger partial charge >= 0.3 is 17.9 Å². The third-order valence-corrected chi connectivity index (χ3v) is 12.1. The minimum absolute atomic E-state index is 0.124. The third kappa shape index (κ3) is 61.4. The Morgan fingerprint density at radius 3 is 0.833 bits per heavy atom. The van der Waals surface area contributed by atoms with E-state index in [0.29, 0.717) is 12.8 Å². The molecule has 0 bridgehead atoms. The first kappa shape index (κ1) is 72.5. The van der Waals surface area contributed by atoms with E-state index in [1.54, 1.807) is 0 Å². The van der Waals surface area contributed by atoms with Gasteiger partial charge in [0.2, 0.25) is 0 Å². The molecule has 78 heavy (non-hydrogen) atoms.